The number of anilines is 1. The lowest BCUT2D eigenvalue weighted by atomic mass is 10.1. The summed E-state index contributed by atoms with van der Waals surface area (Å²) in [5.74, 6) is 0. The Morgan fingerprint density at radius 2 is 2.05 bits per heavy atom. The number of hydrogen-bond acceptors (Lipinski definition) is 5. The molecular weight excluding hydrogens is 304 g/mol. The van der Waals surface area contributed by atoms with Gasteiger partial charge in [-0.1, -0.05) is 54.1 Å². The predicted molar refractivity (Wildman–Crippen MR) is 87.0 cm³/mol. The van der Waals surface area contributed by atoms with E-state index >= 15 is 0 Å². The third-order valence-electron chi connectivity index (χ3n) is 2.96. The first-order chi connectivity index (χ1) is 10.3. The van der Waals surface area contributed by atoms with Gasteiger partial charge in [-0.05, 0) is 22.3 Å². The van der Waals surface area contributed by atoms with E-state index in [4.69, 9.17) is 16.9 Å². The van der Waals surface area contributed by atoms with Gasteiger partial charge in [0.2, 0.25) is 0 Å². The summed E-state index contributed by atoms with van der Waals surface area (Å²) < 4.78 is 3.91. The molecule has 0 saturated heterocycles. The summed E-state index contributed by atoms with van der Waals surface area (Å²) in [6, 6.07) is 16.1. The van der Waals surface area contributed by atoms with E-state index in [1.54, 1.807) is 6.21 Å². The molecule has 6 heteroatoms. The van der Waals surface area contributed by atoms with E-state index in [-0.39, 0.29) is 5.15 Å². The van der Waals surface area contributed by atoms with E-state index in [1.807, 2.05) is 36.4 Å². The first-order valence-corrected chi connectivity index (χ1v) is 7.27. The van der Waals surface area contributed by atoms with Crippen LogP contribution in [0.3, 0.4) is 0 Å². The van der Waals surface area contributed by atoms with Crippen LogP contribution in [0.15, 0.2) is 47.6 Å². The van der Waals surface area contributed by atoms with Gasteiger partial charge in [0, 0.05) is 5.56 Å². The molecule has 0 radical (unpaired) electrons. The molecule has 0 bridgehead atoms. The lowest BCUT2D eigenvalue weighted by Crippen LogP contribution is -1.91. The average molecular weight is 313 g/mol. The molecule has 3 aromatic rings. The molecule has 0 aliphatic rings. The first-order valence-electron chi connectivity index (χ1n) is 6.11. The van der Waals surface area contributed by atoms with Crippen LogP contribution in [0.2, 0.25) is 5.15 Å². The molecule has 1 N–H and O–H groups in total. The largest absolute Gasteiger partial charge is 0.266 e. The van der Waals surface area contributed by atoms with Gasteiger partial charge in [0.05, 0.1) is 6.21 Å². The van der Waals surface area contributed by atoms with Gasteiger partial charge in [-0.15, -0.1) is 0 Å². The molecule has 0 saturated carbocycles. The fourth-order valence-corrected chi connectivity index (χ4v) is 2.85. The Labute approximate surface area is 130 Å². The predicted octanol–water partition coefficient (Wildman–Crippen LogP) is 4.27. The van der Waals surface area contributed by atoms with E-state index in [0.717, 1.165) is 27.9 Å². The Bertz CT molecular complexity index is 858. The number of fused-ring (bicyclic) bond motifs is 1. The molecule has 0 spiro atoms. The number of nitrogens with one attached hydrogen (secondary N) is 1. The van der Waals surface area contributed by atoms with Crippen LogP contribution in [0.1, 0.15) is 11.1 Å². The van der Waals surface area contributed by atoms with Gasteiger partial charge in [-0.3, -0.25) is 5.43 Å². The smallest absolute Gasteiger partial charge is 0.162 e. The number of hydrazone groups is 1. The summed E-state index contributed by atoms with van der Waals surface area (Å²) in [6.45, 7) is 0. The summed E-state index contributed by atoms with van der Waals surface area (Å²) in [5.41, 5.74) is 4.13. The van der Waals surface area contributed by atoms with Crippen molar-refractivity contribution >= 4 is 45.1 Å². The van der Waals surface area contributed by atoms with Crippen molar-refractivity contribution in [1.29, 1.82) is 5.26 Å². The molecule has 21 heavy (non-hydrogen) atoms. The Morgan fingerprint density at radius 1 is 1.24 bits per heavy atom. The standard InChI is InChI=1S/C15H9ClN4S/c16-14-13(8-17)15(21-20-14)19-18-9-11-6-3-5-10-4-1-2-7-12(10)11/h1-7,9,19H. The molecule has 102 valence electrons. The Kier molecular flexibility index (Phi) is 3.82. The summed E-state index contributed by atoms with van der Waals surface area (Å²) >= 11 is 6.91. The van der Waals surface area contributed by atoms with Crippen molar-refractivity contribution in [3.63, 3.8) is 0 Å². The minimum absolute atomic E-state index is 0.199. The average Bonchev–Trinajstić information content (AvgIpc) is 2.87. The number of nitriles is 1. The molecule has 2 aromatic carbocycles. The molecule has 0 amide bonds. The summed E-state index contributed by atoms with van der Waals surface area (Å²) in [4.78, 5) is 0. The minimum atomic E-state index is 0.199. The van der Waals surface area contributed by atoms with Gasteiger partial charge < -0.3 is 0 Å². The molecule has 1 aromatic heterocycles. The highest BCUT2D eigenvalue weighted by atomic mass is 35.5. The second-order valence-corrected chi connectivity index (χ2v) is 5.36. The van der Waals surface area contributed by atoms with Crippen LogP contribution in [0, 0.1) is 11.3 Å². The Balaban J connectivity index is 1.87. The van der Waals surface area contributed by atoms with Gasteiger partial charge in [0.1, 0.15) is 16.6 Å². The lowest BCUT2D eigenvalue weighted by molar-refractivity contribution is 1.37. The van der Waals surface area contributed by atoms with Crippen molar-refractivity contribution in [3.05, 3.63) is 58.7 Å². The molecule has 0 aliphatic heterocycles. The second-order valence-electron chi connectivity index (χ2n) is 4.23. The third-order valence-corrected chi connectivity index (χ3v) is 4.08. The number of benzene rings is 2. The van der Waals surface area contributed by atoms with Crippen LogP contribution in [0.25, 0.3) is 10.8 Å². The number of hydrogen-bond donors (Lipinski definition) is 1. The second kappa shape index (κ2) is 5.92. The molecule has 0 aliphatic carbocycles. The zero-order valence-corrected chi connectivity index (χ0v) is 12.3. The fourth-order valence-electron chi connectivity index (χ4n) is 1.97. The van der Waals surface area contributed by atoms with Crippen LogP contribution < -0.4 is 5.43 Å². The monoisotopic (exact) mass is 312 g/mol. The molecule has 3 rings (SSSR count). The SMILES string of the molecule is N#Cc1c(Cl)nsc1NN=Cc1cccc2ccccc12. The maximum Gasteiger partial charge on any atom is 0.162 e. The summed E-state index contributed by atoms with van der Waals surface area (Å²) in [5, 5.41) is 16.2. The highest BCUT2D eigenvalue weighted by molar-refractivity contribution is 7.10. The van der Waals surface area contributed by atoms with Crippen molar-refractivity contribution in [2.75, 3.05) is 5.43 Å². The van der Waals surface area contributed by atoms with Crippen LogP contribution in [0.4, 0.5) is 5.00 Å². The summed E-state index contributed by atoms with van der Waals surface area (Å²) in [7, 11) is 0. The molecule has 0 fully saturated rings. The Hall–Kier alpha value is -2.42. The van der Waals surface area contributed by atoms with Crippen molar-refractivity contribution < 1.29 is 0 Å². The zero-order chi connectivity index (χ0) is 14.7. The van der Waals surface area contributed by atoms with E-state index in [2.05, 4.69) is 27.0 Å². The molecular formula is C15H9ClN4S. The van der Waals surface area contributed by atoms with E-state index < -0.39 is 0 Å². The zero-order valence-electron chi connectivity index (χ0n) is 10.7. The number of rotatable bonds is 3. The lowest BCUT2D eigenvalue weighted by Gasteiger charge is -2.01. The summed E-state index contributed by atoms with van der Waals surface area (Å²) in [6.07, 6.45) is 1.72. The van der Waals surface area contributed by atoms with E-state index in [0.29, 0.717) is 10.6 Å². The molecule has 4 nitrogen and oxygen atoms in total. The van der Waals surface area contributed by atoms with E-state index in [1.165, 1.54) is 0 Å². The van der Waals surface area contributed by atoms with Crippen LogP contribution in [-0.4, -0.2) is 10.6 Å². The Morgan fingerprint density at radius 3 is 2.90 bits per heavy atom. The third kappa shape index (κ3) is 2.72. The molecule has 0 atom stereocenters. The van der Waals surface area contributed by atoms with Gasteiger partial charge in [0.15, 0.2) is 5.15 Å². The number of aromatic nitrogens is 1. The first kappa shape index (κ1) is 13.6. The maximum absolute atomic E-state index is 8.99. The van der Waals surface area contributed by atoms with Crippen molar-refractivity contribution in [3.8, 4) is 6.07 Å². The maximum atomic E-state index is 8.99. The van der Waals surface area contributed by atoms with Crippen LogP contribution in [0.5, 0.6) is 0 Å². The van der Waals surface area contributed by atoms with Crippen molar-refractivity contribution in [2.24, 2.45) is 5.10 Å². The highest BCUT2D eigenvalue weighted by Gasteiger charge is 2.10. The van der Waals surface area contributed by atoms with Crippen LogP contribution in [-0.2, 0) is 0 Å². The van der Waals surface area contributed by atoms with Crippen molar-refractivity contribution in [2.45, 2.75) is 0 Å². The quantitative estimate of drug-likeness (QED) is 0.580. The van der Waals surface area contributed by atoms with Crippen LogP contribution >= 0.6 is 23.1 Å². The van der Waals surface area contributed by atoms with Crippen molar-refractivity contribution in [1.82, 2.24) is 4.37 Å². The highest BCUT2D eigenvalue weighted by Crippen LogP contribution is 2.27. The number of halogens is 1. The fraction of sp³-hybridized carbons (Fsp3) is 0. The molecule has 1 heterocycles. The number of nitrogens with zero attached hydrogens (tertiary/aromatic N) is 3. The van der Waals surface area contributed by atoms with E-state index in [9.17, 15) is 0 Å². The van der Waals surface area contributed by atoms with Gasteiger partial charge in [0.25, 0.3) is 0 Å². The molecule has 0 unspecified atom stereocenters. The minimum Gasteiger partial charge on any atom is -0.266 e. The van der Waals surface area contributed by atoms with Gasteiger partial charge in [-0.25, -0.2) is 0 Å². The van der Waals surface area contributed by atoms with Gasteiger partial charge in [-0.2, -0.15) is 14.7 Å². The normalized spacial score (nSPS) is 10.9. The topological polar surface area (TPSA) is 61.1 Å². The van der Waals surface area contributed by atoms with Gasteiger partial charge >= 0.3 is 0 Å².